The van der Waals surface area contributed by atoms with Gasteiger partial charge in [-0.25, -0.2) is 13.1 Å². The Bertz CT molecular complexity index is 968. The van der Waals surface area contributed by atoms with Crippen LogP contribution in [0.3, 0.4) is 0 Å². The van der Waals surface area contributed by atoms with Crippen LogP contribution in [0.5, 0.6) is 0 Å². The minimum Gasteiger partial charge on any atom is -0.321 e. The third kappa shape index (κ3) is 3.76. The lowest BCUT2D eigenvalue weighted by Gasteiger charge is -2.06. The quantitative estimate of drug-likeness (QED) is 0.784. The smallest absolute Gasteiger partial charge is 0.256 e. The molecule has 0 unspecified atom stereocenters. The molecule has 0 atom stereocenters. The number of hydrogen-bond acceptors (Lipinski definition) is 3. The van der Waals surface area contributed by atoms with Gasteiger partial charge in [0.2, 0.25) is 10.0 Å². The van der Waals surface area contributed by atoms with Crippen LogP contribution in [0.1, 0.15) is 24.5 Å². The first-order valence-corrected chi connectivity index (χ1v) is 9.69. The molecule has 1 amide bonds. The molecule has 130 valence electrons. The number of amides is 1. The molecule has 5 nitrogen and oxygen atoms in total. The average molecular weight is 377 g/mol. The molecule has 2 aromatic rings. The zero-order valence-corrected chi connectivity index (χ0v) is 15.1. The van der Waals surface area contributed by atoms with Crippen molar-refractivity contribution in [3.8, 4) is 0 Å². The number of carbonyl (C=O) groups excluding carboxylic acids is 1. The van der Waals surface area contributed by atoms with E-state index in [2.05, 4.69) is 10.0 Å². The molecule has 0 fully saturated rings. The monoisotopic (exact) mass is 376 g/mol. The van der Waals surface area contributed by atoms with Gasteiger partial charge in [-0.15, -0.1) is 0 Å². The standard InChI is InChI=1S/C18H17ClN2O3S/c1-2-8-20-25(23,24)14-5-3-4-12(9-14)10-16-15-7-6-13(19)11-17(15)21-18(16)22/h3-7,9-11,20H,2,8H2,1H3,(H,21,22)/b16-10+. The molecule has 1 aliphatic rings. The third-order valence-corrected chi connectivity index (χ3v) is 5.48. The number of halogens is 1. The molecule has 1 aliphatic heterocycles. The Kier molecular flexibility index (Phi) is 4.94. The first-order valence-electron chi connectivity index (χ1n) is 7.83. The maximum atomic E-state index is 12.3. The van der Waals surface area contributed by atoms with Gasteiger partial charge in [-0.2, -0.15) is 0 Å². The van der Waals surface area contributed by atoms with Gasteiger partial charge in [-0.1, -0.05) is 36.7 Å². The van der Waals surface area contributed by atoms with Crippen molar-refractivity contribution in [2.75, 3.05) is 11.9 Å². The fourth-order valence-corrected chi connectivity index (χ4v) is 3.93. The average Bonchev–Trinajstić information content (AvgIpc) is 2.88. The summed E-state index contributed by atoms with van der Waals surface area (Å²) in [6, 6.07) is 11.7. The molecule has 25 heavy (non-hydrogen) atoms. The molecular formula is C18H17ClN2O3S. The Balaban J connectivity index is 1.98. The second-order valence-corrected chi connectivity index (χ2v) is 7.88. The number of fused-ring (bicyclic) bond motifs is 1. The Hall–Kier alpha value is -2.15. The topological polar surface area (TPSA) is 75.3 Å². The van der Waals surface area contributed by atoms with Crippen molar-refractivity contribution in [3.05, 3.63) is 58.6 Å². The van der Waals surface area contributed by atoms with Gasteiger partial charge in [0.05, 0.1) is 10.6 Å². The SMILES string of the molecule is CCCNS(=O)(=O)c1cccc(/C=C2/C(=O)Nc3cc(Cl)ccc32)c1. The molecule has 7 heteroatoms. The van der Waals surface area contributed by atoms with E-state index in [-0.39, 0.29) is 10.8 Å². The van der Waals surface area contributed by atoms with Crippen LogP contribution in [0.2, 0.25) is 5.02 Å². The van der Waals surface area contributed by atoms with Gasteiger partial charge in [-0.05, 0) is 42.3 Å². The maximum absolute atomic E-state index is 12.3. The van der Waals surface area contributed by atoms with Crippen LogP contribution < -0.4 is 10.0 Å². The molecule has 0 spiro atoms. The van der Waals surface area contributed by atoms with Crippen LogP contribution in [0.25, 0.3) is 11.6 Å². The molecule has 0 radical (unpaired) electrons. The van der Waals surface area contributed by atoms with Crippen molar-refractivity contribution in [1.29, 1.82) is 0 Å². The normalized spacial score (nSPS) is 15.3. The zero-order chi connectivity index (χ0) is 18.0. The van der Waals surface area contributed by atoms with E-state index in [1.807, 2.05) is 6.92 Å². The highest BCUT2D eigenvalue weighted by Crippen LogP contribution is 2.35. The van der Waals surface area contributed by atoms with Gasteiger partial charge in [0.1, 0.15) is 0 Å². The second-order valence-electron chi connectivity index (χ2n) is 5.67. The van der Waals surface area contributed by atoms with Gasteiger partial charge < -0.3 is 5.32 Å². The van der Waals surface area contributed by atoms with Gasteiger partial charge in [0.25, 0.3) is 5.91 Å². The number of hydrogen-bond donors (Lipinski definition) is 2. The van der Waals surface area contributed by atoms with Crippen molar-refractivity contribution in [2.45, 2.75) is 18.2 Å². The fourth-order valence-electron chi connectivity index (χ4n) is 2.57. The van der Waals surface area contributed by atoms with Crippen LogP contribution in [-0.2, 0) is 14.8 Å². The summed E-state index contributed by atoms with van der Waals surface area (Å²) in [6.07, 6.45) is 2.39. The van der Waals surface area contributed by atoms with E-state index in [1.165, 1.54) is 6.07 Å². The summed E-state index contributed by atoms with van der Waals surface area (Å²) in [5.74, 6) is -0.241. The summed E-state index contributed by atoms with van der Waals surface area (Å²) in [7, 11) is -3.56. The number of carbonyl (C=O) groups is 1. The van der Waals surface area contributed by atoms with Crippen molar-refractivity contribution >= 4 is 44.9 Å². The van der Waals surface area contributed by atoms with E-state index < -0.39 is 10.0 Å². The van der Waals surface area contributed by atoms with Crippen LogP contribution in [0, 0.1) is 0 Å². The summed E-state index contributed by atoms with van der Waals surface area (Å²) in [4.78, 5) is 12.4. The van der Waals surface area contributed by atoms with Gasteiger partial charge >= 0.3 is 0 Å². The summed E-state index contributed by atoms with van der Waals surface area (Å²) >= 11 is 5.95. The van der Waals surface area contributed by atoms with Gasteiger partial charge in [0, 0.05) is 22.7 Å². The molecule has 0 saturated heterocycles. The van der Waals surface area contributed by atoms with Crippen LogP contribution in [-0.4, -0.2) is 20.9 Å². The highest BCUT2D eigenvalue weighted by molar-refractivity contribution is 7.89. The summed E-state index contributed by atoms with van der Waals surface area (Å²) in [5, 5.41) is 3.30. The minimum atomic E-state index is -3.56. The Morgan fingerprint density at radius 2 is 2.00 bits per heavy atom. The lowest BCUT2D eigenvalue weighted by molar-refractivity contribution is -0.110. The Labute approximate surface area is 151 Å². The van der Waals surface area contributed by atoms with E-state index in [9.17, 15) is 13.2 Å². The molecule has 3 rings (SSSR count). The Morgan fingerprint density at radius 1 is 1.20 bits per heavy atom. The largest absolute Gasteiger partial charge is 0.321 e. The molecule has 2 aromatic carbocycles. The fraction of sp³-hybridized carbons (Fsp3) is 0.167. The van der Waals surface area contributed by atoms with Gasteiger partial charge in [0.15, 0.2) is 0 Å². The zero-order valence-electron chi connectivity index (χ0n) is 13.5. The molecule has 0 saturated carbocycles. The highest BCUT2D eigenvalue weighted by Gasteiger charge is 2.24. The number of rotatable bonds is 5. The summed E-state index contributed by atoms with van der Waals surface area (Å²) in [5.41, 5.74) is 2.50. The molecule has 0 aromatic heterocycles. The van der Waals surface area contributed by atoms with Crippen LogP contribution in [0.4, 0.5) is 5.69 Å². The van der Waals surface area contributed by atoms with E-state index in [0.29, 0.717) is 34.8 Å². The van der Waals surface area contributed by atoms with E-state index in [1.54, 1.807) is 42.5 Å². The number of benzene rings is 2. The number of anilines is 1. The Morgan fingerprint density at radius 3 is 2.76 bits per heavy atom. The molecule has 2 N–H and O–H groups in total. The predicted molar refractivity (Wildman–Crippen MR) is 99.9 cm³/mol. The third-order valence-electron chi connectivity index (χ3n) is 3.79. The van der Waals surface area contributed by atoms with Crippen molar-refractivity contribution in [1.82, 2.24) is 4.72 Å². The molecule has 0 aliphatic carbocycles. The minimum absolute atomic E-state index is 0.171. The number of sulfonamides is 1. The molecular weight excluding hydrogens is 360 g/mol. The van der Waals surface area contributed by atoms with E-state index in [4.69, 9.17) is 11.6 Å². The van der Waals surface area contributed by atoms with Crippen molar-refractivity contribution < 1.29 is 13.2 Å². The highest BCUT2D eigenvalue weighted by atomic mass is 35.5. The lowest BCUT2D eigenvalue weighted by Crippen LogP contribution is -2.24. The first kappa shape index (κ1) is 17.7. The van der Waals surface area contributed by atoms with Crippen molar-refractivity contribution in [2.24, 2.45) is 0 Å². The van der Waals surface area contributed by atoms with E-state index >= 15 is 0 Å². The van der Waals surface area contributed by atoms with Crippen molar-refractivity contribution in [3.63, 3.8) is 0 Å². The maximum Gasteiger partial charge on any atom is 0.256 e. The molecule has 0 bridgehead atoms. The predicted octanol–water partition coefficient (Wildman–Crippen LogP) is 3.52. The van der Waals surface area contributed by atoms with E-state index in [0.717, 1.165) is 5.56 Å². The first-order chi connectivity index (χ1) is 11.9. The summed E-state index contributed by atoms with van der Waals surface area (Å²) < 4.78 is 27.0. The molecule has 1 heterocycles. The summed E-state index contributed by atoms with van der Waals surface area (Å²) in [6.45, 7) is 2.27. The van der Waals surface area contributed by atoms with Crippen LogP contribution in [0.15, 0.2) is 47.4 Å². The van der Waals surface area contributed by atoms with Gasteiger partial charge in [-0.3, -0.25) is 4.79 Å². The lowest BCUT2D eigenvalue weighted by atomic mass is 10.0. The number of nitrogens with one attached hydrogen (secondary N) is 2. The second kappa shape index (κ2) is 7.00. The van der Waals surface area contributed by atoms with Crippen LogP contribution >= 0.6 is 11.6 Å².